The van der Waals surface area contributed by atoms with Crippen LogP contribution in [0.25, 0.3) is 0 Å². The Kier molecular flexibility index (Phi) is 5.08. The van der Waals surface area contributed by atoms with E-state index in [1.807, 2.05) is 19.1 Å². The monoisotopic (exact) mass is 280 g/mol. The van der Waals surface area contributed by atoms with Crippen molar-refractivity contribution in [3.8, 4) is 0 Å². The van der Waals surface area contributed by atoms with Gasteiger partial charge in [-0.3, -0.25) is 4.79 Å². The van der Waals surface area contributed by atoms with Crippen molar-refractivity contribution >= 4 is 23.7 Å². The van der Waals surface area contributed by atoms with Crippen LogP contribution in [0.4, 0.5) is 10.5 Å². The van der Waals surface area contributed by atoms with E-state index in [9.17, 15) is 14.4 Å². The standard InChI is InChI=1S/C13H16N2O5/c1-7-3-4-8(2)9(5-7)14-13(20)15-10(12(18)19)6-11(16)17/h3-5,10H,6H2,1-2H3,(H,16,17)(H,18,19)(H2,14,15,20)/t10-/m0/s1. The first-order chi connectivity index (χ1) is 9.29. The molecule has 108 valence electrons. The molecule has 0 heterocycles. The summed E-state index contributed by atoms with van der Waals surface area (Å²) in [4.78, 5) is 33.0. The van der Waals surface area contributed by atoms with Gasteiger partial charge in [0.1, 0.15) is 6.04 Å². The van der Waals surface area contributed by atoms with Crippen molar-refractivity contribution in [1.29, 1.82) is 0 Å². The van der Waals surface area contributed by atoms with E-state index in [1.165, 1.54) is 0 Å². The molecule has 0 spiro atoms. The molecule has 7 nitrogen and oxygen atoms in total. The highest BCUT2D eigenvalue weighted by Crippen LogP contribution is 2.16. The lowest BCUT2D eigenvalue weighted by Gasteiger charge is -2.14. The number of hydrogen-bond acceptors (Lipinski definition) is 3. The van der Waals surface area contributed by atoms with E-state index in [0.29, 0.717) is 5.69 Å². The van der Waals surface area contributed by atoms with Crippen LogP contribution < -0.4 is 10.6 Å². The summed E-state index contributed by atoms with van der Waals surface area (Å²) >= 11 is 0. The van der Waals surface area contributed by atoms with Crippen molar-refractivity contribution in [2.24, 2.45) is 0 Å². The van der Waals surface area contributed by atoms with E-state index >= 15 is 0 Å². The number of rotatable bonds is 5. The molecule has 2 amide bonds. The molecule has 0 saturated heterocycles. The molecular weight excluding hydrogens is 264 g/mol. The first-order valence-corrected chi connectivity index (χ1v) is 5.89. The maximum Gasteiger partial charge on any atom is 0.326 e. The third-order valence-corrected chi connectivity index (χ3v) is 2.62. The van der Waals surface area contributed by atoms with E-state index in [-0.39, 0.29) is 0 Å². The van der Waals surface area contributed by atoms with Gasteiger partial charge >= 0.3 is 18.0 Å². The number of amides is 2. The summed E-state index contributed by atoms with van der Waals surface area (Å²) in [7, 11) is 0. The number of carbonyl (C=O) groups excluding carboxylic acids is 1. The van der Waals surface area contributed by atoms with Crippen molar-refractivity contribution in [1.82, 2.24) is 5.32 Å². The lowest BCUT2D eigenvalue weighted by molar-refractivity contribution is -0.145. The van der Waals surface area contributed by atoms with Crippen LogP contribution in [0, 0.1) is 13.8 Å². The molecule has 0 aromatic heterocycles. The minimum absolute atomic E-state index is 0.543. The molecule has 1 rings (SSSR count). The molecule has 0 bridgehead atoms. The van der Waals surface area contributed by atoms with E-state index in [2.05, 4.69) is 10.6 Å². The normalized spacial score (nSPS) is 11.5. The molecule has 0 aliphatic rings. The van der Waals surface area contributed by atoms with E-state index in [0.717, 1.165) is 11.1 Å². The molecule has 1 aromatic carbocycles. The number of aryl methyl sites for hydroxylation is 2. The maximum absolute atomic E-state index is 11.7. The molecule has 0 aliphatic heterocycles. The SMILES string of the molecule is Cc1ccc(C)c(NC(=O)N[C@@H](CC(=O)O)C(=O)O)c1. The summed E-state index contributed by atoms with van der Waals surface area (Å²) in [5, 5.41) is 22.0. The van der Waals surface area contributed by atoms with Crippen molar-refractivity contribution in [2.75, 3.05) is 5.32 Å². The second-order valence-corrected chi connectivity index (χ2v) is 4.41. The molecule has 7 heteroatoms. The van der Waals surface area contributed by atoms with Crippen LogP contribution in [-0.4, -0.2) is 34.2 Å². The highest BCUT2D eigenvalue weighted by molar-refractivity contribution is 5.94. The Hall–Kier alpha value is -2.57. The first-order valence-electron chi connectivity index (χ1n) is 5.89. The van der Waals surface area contributed by atoms with E-state index in [4.69, 9.17) is 10.2 Å². The van der Waals surface area contributed by atoms with Crippen LogP contribution in [0.2, 0.25) is 0 Å². The Morgan fingerprint density at radius 2 is 1.85 bits per heavy atom. The Balaban J connectivity index is 2.72. The summed E-state index contributed by atoms with van der Waals surface area (Å²) in [5.74, 6) is -2.70. The number of carbonyl (C=O) groups is 3. The second-order valence-electron chi connectivity index (χ2n) is 4.41. The molecule has 0 radical (unpaired) electrons. The molecule has 0 unspecified atom stereocenters. The van der Waals surface area contributed by atoms with E-state index in [1.54, 1.807) is 13.0 Å². The Bertz CT molecular complexity index is 542. The fraction of sp³-hybridized carbons (Fsp3) is 0.308. The first kappa shape index (κ1) is 15.5. The maximum atomic E-state index is 11.7. The van der Waals surface area contributed by atoms with Gasteiger partial charge in [0.2, 0.25) is 0 Å². The summed E-state index contributed by atoms with van der Waals surface area (Å²) in [6.07, 6.45) is -0.685. The number of carboxylic acids is 2. The summed E-state index contributed by atoms with van der Waals surface area (Å²) < 4.78 is 0. The summed E-state index contributed by atoms with van der Waals surface area (Å²) in [6, 6.07) is 3.20. The molecule has 0 saturated carbocycles. The predicted octanol–water partition coefficient (Wildman–Crippen LogP) is 1.35. The van der Waals surface area contributed by atoms with Crippen LogP contribution in [0.5, 0.6) is 0 Å². The highest BCUT2D eigenvalue weighted by atomic mass is 16.4. The molecule has 4 N–H and O–H groups in total. The molecule has 20 heavy (non-hydrogen) atoms. The molecule has 1 aromatic rings. The molecular formula is C13H16N2O5. The van der Waals surface area contributed by atoms with Gasteiger partial charge < -0.3 is 20.8 Å². The number of carboxylic acid groups (broad SMARTS) is 2. The van der Waals surface area contributed by atoms with Crippen LogP contribution >= 0.6 is 0 Å². The van der Waals surface area contributed by atoms with Crippen LogP contribution in [0.3, 0.4) is 0 Å². The molecule has 0 fully saturated rings. The van der Waals surface area contributed by atoms with Crippen molar-refractivity contribution in [3.05, 3.63) is 29.3 Å². The van der Waals surface area contributed by atoms with Gasteiger partial charge in [-0.25, -0.2) is 9.59 Å². The van der Waals surface area contributed by atoms with Crippen LogP contribution in [-0.2, 0) is 9.59 Å². The Morgan fingerprint density at radius 3 is 2.40 bits per heavy atom. The van der Waals surface area contributed by atoms with Gasteiger partial charge in [-0.1, -0.05) is 12.1 Å². The number of hydrogen-bond donors (Lipinski definition) is 4. The Labute approximate surface area is 115 Å². The van der Waals surface area contributed by atoms with Gasteiger partial charge in [-0.15, -0.1) is 0 Å². The van der Waals surface area contributed by atoms with Gasteiger partial charge in [-0.2, -0.15) is 0 Å². The zero-order chi connectivity index (χ0) is 15.3. The van der Waals surface area contributed by atoms with Crippen LogP contribution in [0.1, 0.15) is 17.5 Å². The number of aliphatic carboxylic acids is 2. The van der Waals surface area contributed by atoms with E-state index < -0.39 is 30.4 Å². The Morgan fingerprint density at radius 1 is 1.20 bits per heavy atom. The number of urea groups is 1. The average molecular weight is 280 g/mol. The summed E-state index contributed by atoms with van der Waals surface area (Å²) in [5.41, 5.74) is 2.30. The second kappa shape index (κ2) is 6.55. The highest BCUT2D eigenvalue weighted by Gasteiger charge is 2.23. The number of benzene rings is 1. The predicted molar refractivity (Wildman–Crippen MR) is 71.7 cm³/mol. The minimum atomic E-state index is -1.47. The van der Waals surface area contributed by atoms with Crippen molar-refractivity contribution in [3.63, 3.8) is 0 Å². The van der Waals surface area contributed by atoms with Crippen LogP contribution in [0.15, 0.2) is 18.2 Å². The minimum Gasteiger partial charge on any atom is -0.481 e. The zero-order valence-corrected chi connectivity index (χ0v) is 11.1. The smallest absolute Gasteiger partial charge is 0.326 e. The fourth-order valence-electron chi connectivity index (χ4n) is 1.56. The third kappa shape index (κ3) is 4.60. The lowest BCUT2D eigenvalue weighted by Crippen LogP contribution is -2.44. The number of nitrogens with one attached hydrogen (secondary N) is 2. The average Bonchev–Trinajstić information content (AvgIpc) is 2.32. The van der Waals surface area contributed by atoms with Crippen molar-refractivity contribution in [2.45, 2.75) is 26.3 Å². The molecule has 0 aliphatic carbocycles. The van der Waals surface area contributed by atoms with Gasteiger partial charge in [0.05, 0.1) is 6.42 Å². The zero-order valence-electron chi connectivity index (χ0n) is 11.1. The topological polar surface area (TPSA) is 116 Å². The van der Waals surface area contributed by atoms with Crippen molar-refractivity contribution < 1.29 is 24.6 Å². The largest absolute Gasteiger partial charge is 0.481 e. The fourth-order valence-corrected chi connectivity index (χ4v) is 1.56. The van der Waals surface area contributed by atoms with Gasteiger partial charge in [0.15, 0.2) is 0 Å². The third-order valence-electron chi connectivity index (χ3n) is 2.62. The number of anilines is 1. The van der Waals surface area contributed by atoms with Gasteiger partial charge in [0.25, 0.3) is 0 Å². The molecule has 1 atom stereocenters. The van der Waals surface area contributed by atoms with Gasteiger partial charge in [0, 0.05) is 5.69 Å². The van der Waals surface area contributed by atoms with Gasteiger partial charge in [-0.05, 0) is 31.0 Å². The lowest BCUT2D eigenvalue weighted by atomic mass is 10.1. The summed E-state index contributed by atoms with van der Waals surface area (Å²) in [6.45, 7) is 3.65. The quantitative estimate of drug-likeness (QED) is 0.649.